The third-order valence-corrected chi connectivity index (χ3v) is 4.48. The van der Waals surface area contributed by atoms with Crippen LogP contribution < -0.4 is 0 Å². The van der Waals surface area contributed by atoms with E-state index in [-0.39, 0.29) is 6.04 Å². The van der Waals surface area contributed by atoms with Crippen molar-refractivity contribution in [2.45, 2.75) is 32.9 Å². The van der Waals surface area contributed by atoms with Crippen LogP contribution in [-0.4, -0.2) is 24.3 Å². The highest BCUT2D eigenvalue weighted by molar-refractivity contribution is 5.76. The van der Waals surface area contributed by atoms with E-state index in [9.17, 15) is 0 Å². The van der Waals surface area contributed by atoms with Gasteiger partial charge in [0.2, 0.25) is 0 Å². The van der Waals surface area contributed by atoms with Gasteiger partial charge in [0.15, 0.2) is 5.76 Å². The SMILES string of the molecule is CCc1ccc(-c2c(-c3ccccc3)ncn2C[C@H](C)n2cncn2)o1. The number of aryl methyl sites for hydroxylation is 1. The van der Waals surface area contributed by atoms with Crippen LogP contribution in [0, 0.1) is 0 Å². The summed E-state index contributed by atoms with van der Waals surface area (Å²) in [6.45, 7) is 4.92. The second kappa shape index (κ2) is 7.00. The normalized spacial score (nSPS) is 12.4. The molecule has 3 aromatic heterocycles. The second-order valence-electron chi connectivity index (χ2n) is 6.30. The fraction of sp³-hybridized carbons (Fsp3) is 0.250. The molecule has 132 valence electrons. The molecule has 1 aromatic carbocycles. The Morgan fingerprint density at radius 1 is 1.08 bits per heavy atom. The van der Waals surface area contributed by atoms with Crippen LogP contribution in [0.4, 0.5) is 0 Å². The summed E-state index contributed by atoms with van der Waals surface area (Å²) < 4.78 is 10.0. The van der Waals surface area contributed by atoms with Gasteiger partial charge in [-0.3, -0.25) is 0 Å². The maximum atomic E-state index is 6.06. The van der Waals surface area contributed by atoms with Crippen molar-refractivity contribution in [3.63, 3.8) is 0 Å². The quantitative estimate of drug-likeness (QED) is 0.524. The minimum atomic E-state index is 0.148. The summed E-state index contributed by atoms with van der Waals surface area (Å²) in [4.78, 5) is 8.73. The Kier molecular flexibility index (Phi) is 4.39. The van der Waals surface area contributed by atoms with Crippen LogP contribution in [-0.2, 0) is 13.0 Å². The van der Waals surface area contributed by atoms with Crippen LogP contribution in [0.1, 0.15) is 25.6 Å². The van der Waals surface area contributed by atoms with Gasteiger partial charge >= 0.3 is 0 Å². The highest BCUT2D eigenvalue weighted by atomic mass is 16.3. The number of nitrogens with zero attached hydrogens (tertiary/aromatic N) is 5. The van der Waals surface area contributed by atoms with Crippen molar-refractivity contribution >= 4 is 0 Å². The van der Waals surface area contributed by atoms with Crippen LogP contribution in [0.5, 0.6) is 0 Å². The molecule has 0 radical (unpaired) electrons. The lowest BCUT2D eigenvalue weighted by atomic mass is 10.1. The van der Waals surface area contributed by atoms with Gasteiger partial charge in [-0.2, -0.15) is 5.10 Å². The zero-order valence-corrected chi connectivity index (χ0v) is 14.9. The van der Waals surface area contributed by atoms with E-state index in [4.69, 9.17) is 4.42 Å². The van der Waals surface area contributed by atoms with Gasteiger partial charge < -0.3 is 8.98 Å². The first-order valence-corrected chi connectivity index (χ1v) is 8.80. The van der Waals surface area contributed by atoms with Crippen LogP contribution in [0.25, 0.3) is 22.7 Å². The Morgan fingerprint density at radius 2 is 1.92 bits per heavy atom. The molecule has 0 aliphatic carbocycles. The first kappa shape index (κ1) is 16.3. The second-order valence-corrected chi connectivity index (χ2v) is 6.30. The Balaban J connectivity index is 1.77. The van der Waals surface area contributed by atoms with Gasteiger partial charge in [-0.1, -0.05) is 37.3 Å². The van der Waals surface area contributed by atoms with Crippen LogP contribution in [0.3, 0.4) is 0 Å². The van der Waals surface area contributed by atoms with E-state index in [2.05, 4.69) is 45.6 Å². The van der Waals surface area contributed by atoms with Gasteiger partial charge in [-0.05, 0) is 19.1 Å². The monoisotopic (exact) mass is 347 g/mol. The summed E-state index contributed by atoms with van der Waals surface area (Å²) in [6, 6.07) is 14.4. The van der Waals surface area contributed by atoms with E-state index in [0.717, 1.165) is 41.4 Å². The van der Waals surface area contributed by atoms with Crippen molar-refractivity contribution < 1.29 is 4.42 Å². The summed E-state index contributed by atoms with van der Waals surface area (Å²) in [7, 11) is 0. The number of rotatable bonds is 6. The van der Waals surface area contributed by atoms with Crippen molar-refractivity contribution in [2.24, 2.45) is 0 Å². The molecule has 1 atom stereocenters. The van der Waals surface area contributed by atoms with E-state index in [1.165, 1.54) is 0 Å². The smallest absolute Gasteiger partial charge is 0.152 e. The van der Waals surface area contributed by atoms with E-state index in [1.807, 2.05) is 41.3 Å². The third-order valence-electron chi connectivity index (χ3n) is 4.48. The molecule has 0 aliphatic heterocycles. The first-order valence-electron chi connectivity index (χ1n) is 8.80. The van der Waals surface area contributed by atoms with Crippen molar-refractivity contribution in [1.82, 2.24) is 24.3 Å². The predicted molar refractivity (Wildman–Crippen MR) is 99.5 cm³/mol. The minimum Gasteiger partial charge on any atom is -0.459 e. The van der Waals surface area contributed by atoms with E-state index in [0.29, 0.717) is 0 Å². The van der Waals surface area contributed by atoms with E-state index in [1.54, 1.807) is 12.7 Å². The number of imidazole rings is 1. The lowest BCUT2D eigenvalue weighted by Gasteiger charge is -2.14. The molecule has 0 spiro atoms. The predicted octanol–water partition coefficient (Wildman–Crippen LogP) is 4.23. The average molecular weight is 347 g/mol. The molecule has 4 aromatic rings. The molecule has 0 unspecified atom stereocenters. The first-order chi connectivity index (χ1) is 12.8. The van der Waals surface area contributed by atoms with Crippen LogP contribution in [0.2, 0.25) is 0 Å². The van der Waals surface area contributed by atoms with Crippen molar-refractivity contribution in [3.8, 4) is 22.7 Å². The number of aromatic nitrogens is 5. The number of benzene rings is 1. The number of hydrogen-bond donors (Lipinski definition) is 0. The molecular formula is C20H21N5O. The lowest BCUT2D eigenvalue weighted by Crippen LogP contribution is -2.13. The summed E-state index contributed by atoms with van der Waals surface area (Å²) >= 11 is 0. The molecule has 26 heavy (non-hydrogen) atoms. The fourth-order valence-corrected chi connectivity index (χ4v) is 3.09. The van der Waals surface area contributed by atoms with Gasteiger partial charge in [0, 0.05) is 18.5 Å². The van der Waals surface area contributed by atoms with Gasteiger partial charge in [-0.15, -0.1) is 0 Å². The Labute approximate surface area is 152 Å². The summed E-state index contributed by atoms with van der Waals surface area (Å²) in [6.07, 6.45) is 6.03. The number of hydrogen-bond acceptors (Lipinski definition) is 4. The number of furan rings is 1. The molecular weight excluding hydrogens is 326 g/mol. The zero-order valence-electron chi connectivity index (χ0n) is 14.9. The van der Waals surface area contributed by atoms with Gasteiger partial charge in [0.1, 0.15) is 24.1 Å². The topological polar surface area (TPSA) is 61.7 Å². The maximum absolute atomic E-state index is 6.06. The molecule has 0 amide bonds. The molecule has 4 rings (SSSR count). The zero-order chi connectivity index (χ0) is 17.9. The van der Waals surface area contributed by atoms with E-state index < -0.39 is 0 Å². The summed E-state index contributed by atoms with van der Waals surface area (Å²) in [5.41, 5.74) is 2.99. The molecule has 0 N–H and O–H groups in total. The maximum Gasteiger partial charge on any atom is 0.152 e. The molecule has 0 bridgehead atoms. The van der Waals surface area contributed by atoms with Crippen LogP contribution in [0.15, 0.2) is 65.9 Å². The largest absolute Gasteiger partial charge is 0.459 e. The Morgan fingerprint density at radius 3 is 2.62 bits per heavy atom. The molecule has 0 fully saturated rings. The highest BCUT2D eigenvalue weighted by Crippen LogP contribution is 2.33. The molecule has 0 saturated heterocycles. The fourth-order valence-electron chi connectivity index (χ4n) is 3.09. The van der Waals surface area contributed by atoms with Gasteiger partial charge in [0.25, 0.3) is 0 Å². The highest BCUT2D eigenvalue weighted by Gasteiger charge is 2.19. The standard InChI is InChI=1S/C20H21N5O/c1-3-17-9-10-18(26-17)20-19(16-7-5-4-6-8-16)22-14-24(20)11-15(2)25-13-21-12-23-25/h4-10,12-15H,3,11H2,1-2H3/t15-/m0/s1. The minimum absolute atomic E-state index is 0.148. The molecule has 6 nitrogen and oxygen atoms in total. The van der Waals surface area contributed by atoms with Crippen molar-refractivity contribution in [1.29, 1.82) is 0 Å². The third kappa shape index (κ3) is 3.06. The summed E-state index contributed by atoms with van der Waals surface area (Å²) in [5, 5.41) is 4.25. The Bertz CT molecular complexity index is 969. The molecule has 0 saturated carbocycles. The van der Waals surface area contributed by atoms with Gasteiger partial charge in [-0.25, -0.2) is 14.6 Å². The van der Waals surface area contributed by atoms with Crippen LogP contribution >= 0.6 is 0 Å². The lowest BCUT2D eigenvalue weighted by molar-refractivity contribution is 0.424. The van der Waals surface area contributed by atoms with Crippen molar-refractivity contribution in [2.75, 3.05) is 0 Å². The molecule has 3 heterocycles. The Hall–Kier alpha value is -3.15. The molecule has 6 heteroatoms. The van der Waals surface area contributed by atoms with E-state index >= 15 is 0 Å². The van der Waals surface area contributed by atoms with Crippen molar-refractivity contribution in [3.05, 3.63) is 67.2 Å². The summed E-state index contributed by atoms with van der Waals surface area (Å²) in [5.74, 6) is 1.81. The average Bonchev–Trinajstić information content (AvgIpc) is 3.42. The molecule has 0 aliphatic rings. The van der Waals surface area contributed by atoms with Gasteiger partial charge in [0.05, 0.1) is 18.1 Å².